The molecule has 2 N–H and O–H groups in total. The van der Waals surface area contributed by atoms with Gasteiger partial charge in [-0.25, -0.2) is 4.39 Å². The number of nitrogens with one attached hydrogen (secondary N) is 2. The van der Waals surface area contributed by atoms with Crippen molar-refractivity contribution in [3.8, 4) is 5.75 Å². The van der Waals surface area contributed by atoms with E-state index >= 15 is 0 Å². The highest BCUT2D eigenvalue weighted by atomic mass is 127. The van der Waals surface area contributed by atoms with Crippen LogP contribution >= 0.6 is 24.0 Å². The van der Waals surface area contributed by atoms with Gasteiger partial charge in [0, 0.05) is 45.7 Å². The van der Waals surface area contributed by atoms with Crippen LogP contribution in [0.1, 0.15) is 13.3 Å². The van der Waals surface area contributed by atoms with Crippen LogP contribution < -0.4 is 15.4 Å². The molecule has 8 heteroatoms. The van der Waals surface area contributed by atoms with Crippen LogP contribution in [0.4, 0.5) is 4.39 Å². The third-order valence-electron chi connectivity index (χ3n) is 3.82. The predicted octanol–water partition coefficient (Wildman–Crippen LogP) is 2.10. The summed E-state index contributed by atoms with van der Waals surface area (Å²) in [6.45, 7) is 9.60. The Morgan fingerprint density at radius 3 is 2.65 bits per heavy atom. The average molecular weight is 480 g/mol. The summed E-state index contributed by atoms with van der Waals surface area (Å²) in [5.41, 5.74) is 0. The van der Waals surface area contributed by atoms with Crippen molar-refractivity contribution < 1.29 is 13.9 Å². The molecule has 6 nitrogen and oxygen atoms in total. The van der Waals surface area contributed by atoms with E-state index in [1.54, 1.807) is 12.1 Å². The summed E-state index contributed by atoms with van der Waals surface area (Å²) in [7, 11) is 0. The summed E-state index contributed by atoms with van der Waals surface area (Å²) in [6, 6.07) is 6.07. The number of halogens is 2. The third kappa shape index (κ3) is 9.54. The first-order chi connectivity index (χ1) is 12.3. The van der Waals surface area contributed by atoms with Gasteiger partial charge in [0.15, 0.2) is 5.96 Å². The van der Waals surface area contributed by atoms with Gasteiger partial charge in [-0.3, -0.25) is 9.89 Å². The summed E-state index contributed by atoms with van der Waals surface area (Å²) in [5.74, 6) is 1.26. The fourth-order valence-electron chi connectivity index (χ4n) is 2.48. The quantitative estimate of drug-likeness (QED) is 0.246. The molecule has 2 rings (SSSR count). The Hall–Kier alpha value is -1.13. The van der Waals surface area contributed by atoms with Gasteiger partial charge in [0.05, 0.1) is 19.8 Å². The number of nitrogens with zero attached hydrogens (tertiary/aromatic N) is 2. The molecule has 0 amide bonds. The van der Waals surface area contributed by atoms with Gasteiger partial charge >= 0.3 is 0 Å². The van der Waals surface area contributed by atoms with Gasteiger partial charge in [0.1, 0.15) is 11.6 Å². The molecule has 148 valence electrons. The van der Waals surface area contributed by atoms with E-state index in [0.29, 0.717) is 18.9 Å². The first-order valence-electron chi connectivity index (χ1n) is 8.98. The van der Waals surface area contributed by atoms with Crippen molar-refractivity contribution in [2.75, 3.05) is 59.1 Å². The van der Waals surface area contributed by atoms with Gasteiger partial charge in [-0.15, -0.1) is 24.0 Å². The molecule has 0 aromatic heterocycles. The van der Waals surface area contributed by atoms with Gasteiger partial charge < -0.3 is 20.1 Å². The van der Waals surface area contributed by atoms with Crippen LogP contribution in [0.5, 0.6) is 5.75 Å². The van der Waals surface area contributed by atoms with E-state index in [2.05, 4.69) is 27.4 Å². The predicted molar refractivity (Wildman–Crippen MR) is 113 cm³/mol. The van der Waals surface area contributed by atoms with E-state index in [1.165, 1.54) is 12.1 Å². The molecule has 1 aliphatic heterocycles. The fraction of sp³-hybridized carbons (Fsp3) is 0.611. The van der Waals surface area contributed by atoms with Gasteiger partial charge in [-0.05, 0) is 31.2 Å². The van der Waals surface area contributed by atoms with Crippen molar-refractivity contribution in [1.29, 1.82) is 0 Å². The smallest absolute Gasteiger partial charge is 0.191 e. The van der Waals surface area contributed by atoms with Crippen molar-refractivity contribution in [2.24, 2.45) is 4.99 Å². The highest BCUT2D eigenvalue weighted by Gasteiger charge is 2.09. The second-order valence-electron chi connectivity index (χ2n) is 5.80. The van der Waals surface area contributed by atoms with E-state index in [9.17, 15) is 4.39 Å². The third-order valence-corrected chi connectivity index (χ3v) is 3.82. The van der Waals surface area contributed by atoms with Gasteiger partial charge in [0.2, 0.25) is 0 Å². The minimum Gasteiger partial charge on any atom is -0.494 e. The molecule has 0 spiro atoms. The van der Waals surface area contributed by atoms with Crippen LogP contribution in [0.2, 0.25) is 0 Å². The van der Waals surface area contributed by atoms with Crippen molar-refractivity contribution in [2.45, 2.75) is 13.3 Å². The van der Waals surface area contributed by atoms with Crippen molar-refractivity contribution in [1.82, 2.24) is 15.5 Å². The second kappa shape index (κ2) is 14.0. The van der Waals surface area contributed by atoms with Gasteiger partial charge in [0.25, 0.3) is 0 Å². The lowest BCUT2D eigenvalue weighted by molar-refractivity contribution is 0.0389. The van der Waals surface area contributed by atoms with Crippen LogP contribution in [0, 0.1) is 5.82 Å². The molecule has 0 unspecified atom stereocenters. The maximum atomic E-state index is 12.8. The first-order valence-corrected chi connectivity index (χ1v) is 8.98. The number of hydrogen-bond acceptors (Lipinski definition) is 4. The highest BCUT2D eigenvalue weighted by molar-refractivity contribution is 14.0. The molecule has 0 radical (unpaired) electrons. The zero-order valence-corrected chi connectivity index (χ0v) is 17.7. The van der Waals surface area contributed by atoms with E-state index in [0.717, 1.165) is 58.3 Å². The molecule has 1 aromatic carbocycles. The molecule has 1 fully saturated rings. The monoisotopic (exact) mass is 480 g/mol. The number of rotatable bonds is 9. The lowest BCUT2D eigenvalue weighted by Crippen LogP contribution is -2.44. The second-order valence-corrected chi connectivity index (χ2v) is 5.80. The molecule has 0 bridgehead atoms. The number of benzene rings is 1. The number of ether oxygens (including phenoxy) is 2. The Kier molecular flexibility index (Phi) is 12.3. The summed E-state index contributed by atoms with van der Waals surface area (Å²) < 4.78 is 23.7. The number of aliphatic imine (C=N–C) groups is 1. The average Bonchev–Trinajstić information content (AvgIpc) is 2.64. The van der Waals surface area contributed by atoms with Crippen LogP contribution in [0.25, 0.3) is 0 Å². The summed E-state index contributed by atoms with van der Waals surface area (Å²) in [5, 5.41) is 6.61. The lowest BCUT2D eigenvalue weighted by atomic mass is 10.3. The molecular formula is C18H30FIN4O2. The topological polar surface area (TPSA) is 58.1 Å². The number of morpholine rings is 1. The van der Waals surface area contributed by atoms with Gasteiger partial charge in [-0.2, -0.15) is 0 Å². The molecule has 1 aromatic rings. The van der Waals surface area contributed by atoms with Crippen molar-refractivity contribution in [3.63, 3.8) is 0 Å². The summed E-state index contributed by atoms with van der Waals surface area (Å²) >= 11 is 0. The van der Waals surface area contributed by atoms with Crippen LogP contribution in [-0.4, -0.2) is 69.9 Å². The van der Waals surface area contributed by atoms with Crippen molar-refractivity contribution >= 4 is 29.9 Å². The van der Waals surface area contributed by atoms with Gasteiger partial charge in [-0.1, -0.05) is 0 Å². The molecule has 1 heterocycles. The Morgan fingerprint density at radius 1 is 1.23 bits per heavy atom. The molecular weight excluding hydrogens is 450 g/mol. The number of guanidine groups is 1. The fourth-order valence-corrected chi connectivity index (χ4v) is 2.48. The zero-order chi connectivity index (χ0) is 17.7. The largest absolute Gasteiger partial charge is 0.494 e. The maximum Gasteiger partial charge on any atom is 0.191 e. The van der Waals surface area contributed by atoms with E-state index < -0.39 is 0 Å². The normalized spacial score (nSPS) is 15.2. The Labute approximate surface area is 172 Å². The Bertz CT molecular complexity index is 510. The molecule has 0 aliphatic carbocycles. The highest BCUT2D eigenvalue weighted by Crippen LogP contribution is 2.11. The molecule has 0 saturated carbocycles. The van der Waals surface area contributed by atoms with Crippen molar-refractivity contribution in [3.05, 3.63) is 30.1 Å². The molecule has 0 atom stereocenters. The minimum absolute atomic E-state index is 0. The standard InChI is InChI=1S/C18H29FN4O2.HI/c1-2-20-18(22-9-10-23-11-14-24-15-12-23)21-8-3-13-25-17-6-4-16(19)5-7-17;/h4-7H,2-3,8-15H2,1H3,(H2,20,21,22);1H. The Morgan fingerprint density at radius 2 is 1.96 bits per heavy atom. The van der Waals surface area contributed by atoms with Crippen LogP contribution in [0.15, 0.2) is 29.3 Å². The summed E-state index contributed by atoms with van der Waals surface area (Å²) in [6.07, 6.45) is 0.803. The molecule has 1 saturated heterocycles. The Balaban J connectivity index is 0.00000338. The molecule has 1 aliphatic rings. The van der Waals surface area contributed by atoms with E-state index in [1.807, 2.05) is 0 Å². The summed E-state index contributed by atoms with van der Waals surface area (Å²) in [4.78, 5) is 6.94. The maximum absolute atomic E-state index is 12.8. The number of hydrogen-bond donors (Lipinski definition) is 2. The minimum atomic E-state index is -0.254. The van der Waals surface area contributed by atoms with Crippen LogP contribution in [-0.2, 0) is 4.74 Å². The first kappa shape index (κ1) is 22.9. The SMILES string of the molecule is CCNC(=NCCCOc1ccc(F)cc1)NCCN1CCOCC1.I. The molecule has 26 heavy (non-hydrogen) atoms. The van der Waals surface area contributed by atoms with E-state index in [4.69, 9.17) is 9.47 Å². The zero-order valence-electron chi connectivity index (χ0n) is 15.4. The lowest BCUT2D eigenvalue weighted by Gasteiger charge is -2.26. The van der Waals surface area contributed by atoms with Crippen LogP contribution in [0.3, 0.4) is 0 Å². The van der Waals surface area contributed by atoms with E-state index in [-0.39, 0.29) is 29.8 Å².